The fraction of sp³-hybridized carbons (Fsp3) is 0. The number of nitrogens with one attached hydrogen (secondary N) is 1. The van der Waals surface area contributed by atoms with Gasteiger partial charge >= 0.3 is 0 Å². The van der Waals surface area contributed by atoms with Crippen molar-refractivity contribution in [3.8, 4) is 0 Å². The second kappa shape index (κ2) is 6.45. The van der Waals surface area contributed by atoms with Gasteiger partial charge in [-0.3, -0.25) is 4.79 Å². The maximum absolute atomic E-state index is 13.5. The van der Waals surface area contributed by atoms with Crippen molar-refractivity contribution >= 4 is 29.3 Å². The first-order chi connectivity index (χ1) is 9.97. The minimum absolute atomic E-state index is 0.0499. The molecule has 0 heterocycles. The lowest BCUT2D eigenvalue weighted by Crippen LogP contribution is -2.09. The zero-order valence-electron chi connectivity index (χ0n) is 10.5. The molecule has 2 rings (SSSR count). The van der Waals surface area contributed by atoms with Crippen molar-refractivity contribution in [2.75, 3.05) is 5.32 Å². The highest BCUT2D eigenvalue weighted by Gasteiger charge is 2.07. The van der Waals surface area contributed by atoms with Crippen LogP contribution in [0.15, 0.2) is 42.5 Å². The van der Waals surface area contributed by atoms with Crippen LogP contribution < -0.4 is 5.32 Å². The molecule has 0 aliphatic carbocycles. The van der Waals surface area contributed by atoms with Crippen molar-refractivity contribution in [3.63, 3.8) is 0 Å². The Labute approximate surface area is 123 Å². The van der Waals surface area contributed by atoms with Crippen molar-refractivity contribution in [3.05, 3.63) is 70.5 Å². The van der Waals surface area contributed by atoms with Gasteiger partial charge in [-0.1, -0.05) is 17.7 Å². The van der Waals surface area contributed by atoms with Gasteiger partial charge in [-0.15, -0.1) is 0 Å². The van der Waals surface area contributed by atoms with Gasteiger partial charge in [0.15, 0.2) is 0 Å². The molecule has 0 saturated carbocycles. The Morgan fingerprint density at radius 1 is 1.10 bits per heavy atom. The molecular formula is C15H9ClF3NO. The minimum atomic E-state index is -0.902. The summed E-state index contributed by atoms with van der Waals surface area (Å²) in [6.45, 7) is 0. The van der Waals surface area contributed by atoms with Crippen LogP contribution in [-0.2, 0) is 4.79 Å². The van der Waals surface area contributed by atoms with Crippen LogP contribution in [0.25, 0.3) is 6.08 Å². The van der Waals surface area contributed by atoms with Crippen molar-refractivity contribution < 1.29 is 18.0 Å². The molecule has 0 spiro atoms. The van der Waals surface area contributed by atoms with Gasteiger partial charge in [0.1, 0.15) is 17.5 Å². The summed E-state index contributed by atoms with van der Waals surface area (Å²) in [6.07, 6.45) is 2.18. The number of hydrogen-bond acceptors (Lipinski definition) is 1. The largest absolute Gasteiger partial charge is 0.320 e. The summed E-state index contributed by atoms with van der Waals surface area (Å²) in [7, 11) is 0. The summed E-state index contributed by atoms with van der Waals surface area (Å²) in [5.74, 6) is -2.93. The Morgan fingerprint density at radius 2 is 1.86 bits per heavy atom. The van der Waals surface area contributed by atoms with Crippen LogP contribution in [0.4, 0.5) is 18.9 Å². The van der Waals surface area contributed by atoms with Crippen LogP contribution in [0.2, 0.25) is 5.02 Å². The van der Waals surface area contributed by atoms with Crippen molar-refractivity contribution in [2.45, 2.75) is 0 Å². The number of amides is 1. The number of halogens is 4. The second-order valence-electron chi connectivity index (χ2n) is 4.08. The molecule has 0 fully saturated rings. The number of rotatable bonds is 3. The fourth-order valence-corrected chi connectivity index (χ4v) is 1.82. The van der Waals surface area contributed by atoms with Gasteiger partial charge in [0, 0.05) is 17.7 Å². The summed E-state index contributed by atoms with van der Waals surface area (Å²) >= 11 is 5.79. The first kappa shape index (κ1) is 15.1. The molecular weight excluding hydrogens is 303 g/mol. The van der Waals surface area contributed by atoms with Crippen LogP contribution in [0, 0.1) is 17.5 Å². The zero-order valence-corrected chi connectivity index (χ0v) is 11.3. The van der Waals surface area contributed by atoms with E-state index in [1.54, 1.807) is 0 Å². The molecule has 0 aliphatic heterocycles. The van der Waals surface area contributed by atoms with E-state index in [1.165, 1.54) is 24.3 Å². The zero-order chi connectivity index (χ0) is 15.4. The topological polar surface area (TPSA) is 29.1 Å². The normalized spacial score (nSPS) is 10.9. The minimum Gasteiger partial charge on any atom is -0.320 e. The molecule has 0 aromatic heterocycles. The number of carbonyl (C=O) groups excluding carboxylic acids is 1. The van der Waals surface area contributed by atoms with Crippen LogP contribution in [-0.4, -0.2) is 5.91 Å². The smallest absolute Gasteiger partial charge is 0.248 e. The molecule has 0 bridgehead atoms. The predicted molar refractivity (Wildman–Crippen MR) is 75.4 cm³/mol. The van der Waals surface area contributed by atoms with E-state index in [0.29, 0.717) is 6.07 Å². The van der Waals surface area contributed by atoms with Crippen LogP contribution in [0.3, 0.4) is 0 Å². The van der Waals surface area contributed by atoms with E-state index in [-0.39, 0.29) is 16.3 Å². The predicted octanol–water partition coefficient (Wildman–Crippen LogP) is 4.41. The highest BCUT2D eigenvalue weighted by atomic mass is 35.5. The van der Waals surface area contributed by atoms with E-state index in [4.69, 9.17) is 11.6 Å². The average molecular weight is 312 g/mol. The molecule has 0 unspecified atom stereocenters. The van der Waals surface area contributed by atoms with E-state index >= 15 is 0 Å². The monoisotopic (exact) mass is 311 g/mol. The Kier molecular flexibility index (Phi) is 4.65. The molecule has 1 N–H and O–H groups in total. The van der Waals surface area contributed by atoms with E-state index in [2.05, 4.69) is 5.32 Å². The maximum atomic E-state index is 13.5. The summed E-state index contributed by atoms with van der Waals surface area (Å²) in [5, 5.41) is 2.36. The van der Waals surface area contributed by atoms with Crippen molar-refractivity contribution in [2.24, 2.45) is 0 Å². The van der Waals surface area contributed by atoms with Gasteiger partial charge in [0.2, 0.25) is 5.91 Å². The lowest BCUT2D eigenvalue weighted by molar-refractivity contribution is -0.111. The molecule has 0 radical (unpaired) electrons. The fourth-order valence-electron chi connectivity index (χ4n) is 1.59. The van der Waals surface area contributed by atoms with E-state index in [1.807, 2.05) is 0 Å². The number of carbonyl (C=O) groups is 1. The van der Waals surface area contributed by atoms with Crippen LogP contribution in [0.5, 0.6) is 0 Å². The van der Waals surface area contributed by atoms with Gasteiger partial charge in [-0.05, 0) is 30.3 Å². The summed E-state index contributed by atoms with van der Waals surface area (Å²) in [4.78, 5) is 11.6. The quantitative estimate of drug-likeness (QED) is 0.836. The van der Waals surface area contributed by atoms with Gasteiger partial charge < -0.3 is 5.32 Å². The average Bonchev–Trinajstić information content (AvgIpc) is 2.41. The van der Waals surface area contributed by atoms with E-state index in [9.17, 15) is 18.0 Å². The highest BCUT2D eigenvalue weighted by Crippen LogP contribution is 2.20. The highest BCUT2D eigenvalue weighted by molar-refractivity contribution is 6.32. The lowest BCUT2D eigenvalue weighted by Gasteiger charge is -2.04. The molecule has 1 amide bonds. The third-order valence-corrected chi connectivity index (χ3v) is 2.92. The first-order valence-corrected chi connectivity index (χ1v) is 6.23. The third kappa shape index (κ3) is 3.86. The van der Waals surface area contributed by atoms with Gasteiger partial charge in [-0.25, -0.2) is 13.2 Å². The molecule has 108 valence electrons. The molecule has 2 nitrogen and oxygen atoms in total. The summed E-state index contributed by atoms with van der Waals surface area (Å²) in [5.41, 5.74) is -0.125. The molecule has 0 aliphatic rings. The molecule has 0 atom stereocenters. The second-order valence-corrected chi connectivity index (χ2v) is 4.49. The number of benzene rings is 2. The summed E-state index contributed by atoms with van der Waals surface area (Å²) < 4.78 is 39.5. The van der Waals surface area contributed by atoms with E-state index in [0.717, 1.165) is 18.2 Å². The standard InChI is InChI=1S/C15H9ClF3NO/c16-11-2-1-3-12(18)10(11)5-7-15(21)20-14-6-4-9(17)8-13(14)19/h1-8H,(H,20,21). The lowest BCUT2D eigenvalue weighted by atomic mass is 10.2. The molecule has 2 aromatic rings. The SMILES string of the molecule is O=C(C=Cc1c(F)cccc1Cl)Nc1ccc(F)cc1F. The first-order valence-electron chi connectivity index (χ1n) is 5.85. The summed E-state index contributed by atoms with van der Waals surface area (Å²) in [6, 6.07) is 6.85. The van der Waals surface area contributed by atoms with Gasteiger partial charge in [-0.2, -0.15) is 0 Å². The number of anilines is 1. The van der Waals surface area contributed by atoms with Crippen molar-refractivity contribution in [1.29, 1.82) is 0 Å². The Hall–Kier alpha value is -2.27. The number of hydrogen-bond donors (Lipinski definition) is 1. The van der Waals surface area contributed by atoms with Crippen LogP contribution in [0.1, 0.15) is 5.56 Å². The third-order valence-electron chi connectivity index (χ3n) is 2.59. The van der Waals surface area contributed by atoms with Crippen molar-refractivity contribution in [1.82, 2.24) is 0 Å². The molecule has 2 aromatic carbocycles. The Morgan fingerprint density at radius 3 is 2.52 bits per heavy atom. The van der Waals surface area contributed by atoms with Gasteiger partial charge in [0.05, 0.1) is 10.7 Å². The molecule has 21 heavy (non-hydrogen) atoms. The Balaban J connectivity index is 2.13. The molecule has 6 heteroatoms. The van der Waals surface area contributed by atoms with Crippen LogP contribution >= 0.6 is 11.6 Å². The molecule has 0 saturated heterocycles. The maximum Gasteiger partial charge on any atom is 0.248 e. The van der Waals surface area contributed by atoms with Gasteiger partial charge in [0.25, 0.3) is 0 Å². The van der Waals surface area contributed by atoms with E-state index < -0.39 is 23.4 Å². The Bertz CT molecular complexity index is 696.